The Labute approximate surface area is 114 Å². The third-order valence-corrected chi connectivity index (χ3v) is 2.76. The number of aliphatic carboxylic acids is 1. The number of nitrogens with one attached hydrogen (secondary N) is 1. The lowest BCUT2D eigenvalue weighted by Crippen LogP contribution is -2.27. The molecule has 2 aromatic rings. The van der Waals surface area contributed by atoms with Crippen molar-refractivity contribution in [2.75, 3.05) is 0 Å². The number of benzene rings is 1. The summed E-state index contributed by atoms with van der Waals surface area (Å²) in [5.74, 6) is -1.73. The Morgan fingerprint density at radius 3 is 2.45 bits per heavy atom. The topological polar surface area (TPSA) is 99.8 Å². The van der Waals surface area contributed by atoms with Gasteiger partial charge in [0.2, 0.25) is 0 Å². The predicted octanol–water partition coefficient (Wildman–Crippen LogP) is 1.89. The molecule has 0 aliphatic carbocycles. The lowest BCUT2D eigenvalue weighted by atomic mass is 10.1. The van der Waals surface area contributed by atoms with E-state index in [-0.39, 0.29) is 12.1 Å². The summed E-state index contributed by atoms with van der Waals surface area (Å²) >= 11 is 0. The third-order valence-electron chi connectivity index (χ3n) is 2.76. The third kappa shape index (κ3) is 3.24. The molecule has 104 valence electrons. The van der Waals surface area contributed by atoms with Crippen LogP contribution >= 0.6 is 0 Å². The predicted molar refractivity (Wildman–Crippen MR) is 69.3 cm³/mol. The lowest BCUT2D eigenvalue weighted by molar-refractivity contribution is -0.139. The summed E-state index contributed by atoms with van der Waals surface area (Å²) < 4.78 is 5.06. The Morgan fingerprint density at radius 1 is 1.20 bits per heavy atom. The van der Waals surface area contributed by atoms with E-state index in [1.807, 2.05) is 0 Å². The van der Waals surface area contributed by atoms with E-state index in [0.29, 0.717) is 11.3 Å². The molecule has 0 saturated heterocycles. The molecular formula is C14H13NO5. The molecule has 1 atom stereocenters. The van der Waals surface area contributed by atoms with Crippen molar-refractivity contribution in [3.63, 3.8) is 0 Å². The minimum atomic E-state index is -1.09. The van der Waals surface area contributed by atoms with Gasteiger partial charge in [-0.05, 0) is 11.6 Å². The Morgan fingerprint density at radius 2 is 1.90 bits per heavy atom. The van der Waals surface area contributed by atoms with Crippen LogP contribution in [0.2, 0.25) is 0 Å². The van der Waals surface area contributed by atoms with Gasteiger partial charge in [-0.25, -0.2) is 4.79 Å². The lowest BCUT2D eigenvalue weighted by Gasteiger charge is -2.13. The van der Waals surface area contributed by atoms with E-state index < -0.39 is 18.0 Å². The van der Waals surface area contributed by atoms with Gasteiger partial charge in [0.1, 0.15) is 18.1 Å². The van der Waals surface area contributed by atoms with Crippen LogP contribution in [-0.2, 0) is 11.3 Å². The van der Waals surface area contributed by atoms with Gasteiger partial charge < -0.3 is 14.6 Å². The van der Waals surface area contributed by atoms with Crippen molar-refractivity contribution in [1.29, 1.82) is 0 Å². The number of hydrogen-bond acceptors (Lipinski definition) is 4. The quantitative estimate of drug-likeness (QED) is 0.744. The van der Waals surface area contributed by atoms with Crippen molar-refractivity contribution in [2.24, 2.45) is 0 Å². The van der Waals surface area contributed by atoms with Crippen LogP contribution in [0.25, 0.3) is 0 Å². The molecule has 0 aliphatic rings. The maximum Gasteiger partial charge on any atom is 0.338 e. The Balaban J connectivity index is 2.06. The molecule has 20 heavy (non-hydrogen) atoms. The molecule has 1 aromatic carbocycles. The number of aromatic carboxylic acids is 1. The highest BCUT2D eigenvalue weighted by atomic mass is 16.4. The van der Waals surface area contributed by atoms with Crippen molar-refractivity contribution in [2.45, 2.75) is 12.6 Å². The Hall–Kier alpha value is -2.60. The van der Waals surface area contributed by atoms with Gasteiger partial charge in [-0.2, -0.15) is 0 Å². The largest absolute Gasteiger partial charge is 0.480 e. The van der Waals surface area contributed by atoms with Crippen LogP contribution in [-0.4, -0.2) is 22.2 Å². The highest BCUT2D eigenvalue weighted by Crippen LogP contribution is 2.15. The van der Waals surface area contributed by atoms with E-state index >= 15 is 0 Å². The summed E-state index contributed by atoms with van der Waals surface area (Å²) in [5, 5.41) is 20.8. The molecule has 0 spiro atoms. The molecule has 0 radical (unpaired) electrons. The zero-order chi connectivity index (χ0) is 14.5. The van der Waals surface area contributed by atoms with Crippen LogP contribution < -0.4 is 5.32 Å². The number of hydrogen-bond donors (Lipinski definition) is 3. The highest BCUT2D eigenvalue weighted by molar-refractivity contribution is 5.87. The van der Waals surface area contributed by atoms with Crippen molar-refractivity contribution < 1.29 is 24.2 Å². The summed E-state index contributed by atoms with van der Waals surface area (Å²) in [7, 11) is 0. The van der Waals surface area contributed by atoms with E-state index in [1.54, 1.807) is 30.3 Å². The first-order valence-corrected chi connectivity index (χ1v) is 5.90. The Kier molecular flexibility index (Phi) is 4.17. The van der Waals surface area contributed by atoms with Gasteiger partial charge in [-0.3, -0.25) is 10.1 Å². The zero-order valence-corrected chi connectivity index (χ0v) is 10.4. The first-order chi connectivity index (χ1) is 9.58. The molecule has 1 aromatic heterocycles. The molecule has 1 unspecified atom stereocenters. The number of furan rings is 1. The van der Waals surface area contributed by atoms with Gasteiger partial charge in [-0.1, -0.05) is 30.3 Å². The second-order valence-electron chi connectivity index (χ2n) is 4.17. The Bertz CT molecular complexity index is 605. The summed E-state index contributed by atoms with van der Waals surface area (Å²) in [6.07, 6.45) is 1.12. The van der Waals surface area contributed by atoms with Crippen LogP contribution in [0.15, 0.2) is 47.1 Å². The van der Waals surface area contributed by atoms with Crippen molar-refractivity contribution in [3.8, 4) is 0 Å². The standard InChI is InChI=1S/C14H13NO5/c16-13(17)10-6-11(20-8-10)7-15-12(14(18)19)9-4-2-1-3-5-9/h1-6,8,12,15H,7H2,(H,16,17)(H,18,19). The SMILES string of the molecule is O=C(O)c1coc(CNC(C(=O)O)c2ccccc2)c1. The first-order valence-electron chi connectivity index (χ1n) is 5.90. The minimum absolute atomic E-state index is 0.0355. The molecule has 3 N–H and O–H groups in total. The average molecular weight is 275 g/mol. The minimum Gasteiger partial charge on any atom is -0.480 e. The summed E-state index contributed by atoms with van der Waals surface area (Å²) in [5.41, 5.74) is 0.651. The smallest absolute Gasteiger partial charge is 0.338 e. The van der Waals surface area contributed by atoms with E-state index in [2.05, 4.69) is 5.32 Å². The maximum atomic E-state index is 11.2. The van der Waals surface area contributed by atoms with E-state index in [0.717, 1.165) is 6.26 Å². The van der Waals surface area contributed by atoms with Crippen LogP contribution in [0.3, 0.4) is 0 Å². The van der Waals surface area contributed by atoms with E-state index in [9.17, 15) is 14.7 Å². The number of carbonyl (C=O) groups is 2. The van der Waals surface area contributed by atoms with Gasteiger partial charge in [-0.15, -0.1) is 0 Å². The fourth-order valence-electron chi connectivity index (χ4n) is 1.78. The molecule has 0 saturated carbocycles. The van der Waals surface area contributed by atoms with E-state index in [1.165, 1.54) is 6.07 Å². The fourth-order valence-corrected chi connectivity index (χ4v) is 1.78. The summed E-state index contributed by atoms with van der Waals surface area (Å²) in [6, 6.07) is 9.19. The monoisotopic (exact) mass is 275 g/mol. The number of rotatable bonds is 6. The summed E-state index contributed by atoms with van der Waals surface area (Å²) in [4.78, 5) is 22.0. The number of carboxylic acid groups (broad SMARTS) is 2. The zero-order valence-electron chi connectivity index (χ0n) is 10.4. The molecule has 2 rings (SSSR count). The van der Waals surface area contributed by atoms with Gasteiger partial charge in [0.25, 0.3) is 0 Å². The molecule has 1 heterocycles. The fraction of sp³-hybridized carbons (Fsp3) is 0.143. The average Bonchev–Trinajstić information content (AvgIpc) is 2.89. The second kappa shape index (κ2) is 6.03. The maximum absolute atomic E-state index is 11.2. The van der Waals surface area contributed by atoms with Crippen molar-refractivity contribution >= 4 is 11.9 Å². The molecule has 0 fully saturated rings. The van der Waals surface area contributed by atoms with Crippen LogP contribution in [0.1, 0.15) is 27.7 Å². The van der Waals surface area contributed by atoms with Crippen LogP contribution in [0, 0.1) is 0 Å². The normalized spacial score (nSPS) is 12.0. The summed E-state index contributed by atoms with van der Waals surface area (Å²) in [6.45, 7) is 0.124. The molecule has 0 amide bonds. The second-order valence-corrected chi connectivity index (χ2v) is 4.17. The van der Waals surface area contributed by atoms with Gasteiger partial charge in [0, 0.05) is 0 Å². The molecular weight excluding hydrogens is 262 g/mol. The van der Waals surface area contributed by atoms with E-state index in [4.69, 9.17) is 9.52 Å². The molecule has 0 aliphatic heterocycles. The van der Waals surface area contributed by atoms with Gasteiger partial charge in [0.15, 0.2) is 0 Å². The number of carboxylic acids is 2. The van der Waals surface area contributed by atoms with Crippen LogP contribution in [0.4, 0.5) is 0 Å². The highest BCUT2D eigenvalue weighted by Gasteiger charge is 2.19. The van der Waals surface area contributed by atoms with Crippen LogP contribution in [0.5, 0.6) is 0 Å². The van der Waals surface area contributed by atoms with Crippen molar-refractivity contribution in [1.82, 2.24) is 5.32 Å². The van der Waals surface area contributed by atoms with Gasteiger partial charge >= 0.3 is 11.9 Å². The molecule has 6 heteroatoms. The van der Waals surface area contributed by atoms with Crippen molar-refractivity contribution in [3.05, 3.63) is 59.5 Å². The molecule has 6 nitrogen and oxygen atoms in total. The van der Waals surface area contributed by atoms with Gasteiger partial charge in [0.05, 0.1) is 12.1 Å². The molecule has 0 bridgehead atoms. The first kappa shape index (κ1) is 13.8.